The molecule has 0 radical (unpaired) electrons. The van der Waals surface area contributed by atoms with Crippen molar-refractivity contribution < 1.29 is 13.2 Å². The molecule has 1 aliphatic rings. The number of aryl methyl sites for hydroxylation is 1. The molecule has 0 unspecified atom stereocenters. The average molecular weight is 376 g/mol. The van der Waals surface area contributed by atoms with E-state index >= 15 is 0 Å². The number of hydrogen-bond acceptors (Lipinski definition) is 5. The van der Waals surface area contributed by atoms with Crippen LogP contribution in [-0.4, -0.2) is 65.6 Å². The summed E-state index contributed by atoms with van der Waals surface area (Å²) in [4.78, 5) is 21.0. The van der Waals surface area contributed by atoms with Gasteiger partial charge in [0.1, 0.15) is 11.6 Å². The largest absolute Gasteiger partial charge is 0.340 e. The summed E-state index contributed by atoms with van der Waals surface area (Å²) in [5.74, 6) is 0.181. The van der Waals surface area contributed by atoms with Crippen molar-refractivity contribution in [3.63, 3.8) is 0 Å². The molecule has 1 aliphatic heterocycles. The molecule has 0 atom stereocenters. The molecule has 2 heterocycles. The molecule has 3 rings (SSSR count). The van der Waals surface area contributed by atoms with E-state index in [1.54, 1.807) is 29.3 Å². The molecule has 1 fully saturated rings. The van der Waals surface area contributed by atoms with E-state index in [9.17, 15) is 13.2 Å². The summed E-state index contributed by atoms with van der Waals surface area (Å²) in [7, 11) is -1.64. The monoisotopic (exact) mass is 376 g/mol. The van der Waals surface area contributed by atoms with E-state index in [1.165, 1.54) is 12.1 Å². The van der Waals surface area contributed by atoms with Gasteiger partial charge in [0.25, 0.3) is 0 Å². The molecule has 0 bridgehead atoms. The summed E-state index contributed by atoms with van der Waals surface area (Å²) < 4.78 is 26.8. The van der Waals surface area contributed by atoms with Crippen LogP contribution in [0.15, 0.2) is 47.6 Å². The van der Waals surface area contributed by atoms with Crippen LogP contribution in [0.1, 0.15) is 12.2 Å². The number of sulfone groups is 1. The van der Waals surface area contributed by atoms with E-state index in [0.29, 0.717) is 19.6 Å². The first kappa shape index (κ1) is 18.6. The summed E-state index contributed by atoms with van der Waals surface area (Å²) in [5, 5.41) is 0. The third-order valence-corrected chi connectivity index (χ3v) is 6.26. The van der Waals surface area contributed by atoms with Crippen LogP contribution in [0.3, 0.4) is 0 Å². The van der Waals surface area contributed by atoms with Gasteiger partial charge >= 0.3 is 0 Å². The van der Waals surface area contributed by atoms with E-state index < -0.39 is 15.6 Å². The molecule has 1 saturated heterocycles. The minimum Gasteiger partial charge on any atom is -0.340 e. The summed E-state index contributed by atoms with van der Waals surface area (Å²) in [5.41, 5.74) is 0. The third kappa shape index (κ3) is 4.50. The Labute approximate surface area is 154 Å². The number of imidazole rings is 1. The third-order valence-electron chi connectivity index (χ3n) is 4.64. The minimum absolute atomic E-state index is 0.194. The highest BCUT2D eigenvalue weighted by molar-refractivity contribution is 7.92. The molecule has 0 saturated carbocycles. The van der Waals surface area contributed by atoms with E-state index in [2.05, 4.69) is 9.88 Å². The van der Waals surface area contributed by atoms with Crippen LogP contribution in [-0.2, 0) is 28.2 Å². The highest BCUT2D eigenvalue weighted by Gasteiger charge is 2.25. The van der Waals surface area contributed by atoms with Crippen molar-refractivity contribution in [3.05, 3.63) is 48.5 Å². The van der Waals surface area contributed by atoms with Gasteiger partial charge in [0.05, 0.1) is 11.4 Å². The molecule has 140 valence electrons. The van der Waals surface area contributed by atoms with Gasteiger partial charge < -0.3 is 9.47 Å². The molecule has 0 spiro atoms. The molecular weight excluding hydrogens is 352 g/mol. The molecule has 0 N–H and O–H groups in total. The molecule has 7 nitrogen and oxygen atoms in total. The number of aromatic nitrogens is 2. The Kier molecular flexibility index (Phi) is 5.73. The average Bonchev–Trinajstić information content (AvgIpc) is 2.88. The maximum atomic E-state index is 12.5. The molecule has 26 heavy (non-hydrogen) atoms. The second-order valence-corrected chi connectivity index (χ2v) is 8.53. The molecule has 1 aromatic carbocycles. The number of carbonyl (C=O) groups excluding carboxylic acids is 1. The van der Waals surface area contributed by atoms with Crippen LogP contribution >= 0.6 is 0 Å². The standard InChI is InChI=1S/C18H24N4O3S/c1-20-11-8-19-17(20)14-21-9-5-10-22(13-12-21)18(23)15-26(24,25)16-6-3-2-4-7-16/h2-4,6-8,11H,5,9-10,12-15H2,1H3. The summed E-state index contributed by atoms with van der Waals surface area (Å²) in [6.07, 6.45) is 4.51. The van der Waals surface area contributed by atoms with Crippen LogP contribution < -0.4 is 0 Å². The normalized spacial score (nSPS) is 16.4. The number of amides is 1. The van der Waals surface area contributed by atoms with Crippen LogP contribution in [0.4, 0.5) is 0 Å². The second-order valence-electron chi connectivity index (χ2n) is 6.54. The molecular formula is C18H24N4O3S. The number of hydrogen-bond donors (Lipinski definition) is 0. The number of nitrogens with zero attached hydrogens (tertiary/aromatic N) is 4. The maximum absolute atomic E-state index is 12.5. The molecule has 0 aliphatic carbocycles. The lowest BCUT2D eigenvalue weighted by molar-refractivity contribution is -0.128. The van der Waals surface area contributed by atoms with Gasteiger partial charge in [0.15, 0.2) is 9.84 Å². The maximum Gasteiger partial charge on any atom is 0.238 e. The highest BCUT2D eigenvalue weighted by Crippen LogP contribution is 2.13. The zero-order valence-electron chi connectivity index (χ0n) is 14.9. The van der Waals surface area contributed by atoms with Gasteiger partial charge in [-0.25, -0.2) is 13.4 Å². The Balaban J connectivity index is 1.58. The van der Waals surface area contributed by atoms with Crippen molar-refractivity contribution in [2.75, 3.05) is 31.9 Å². The minimum atomic E-state index is -3.60. The summed E-state index contributed by atoms with van der Waals surface area (Å²) in [6.45, 7) is 3.42. The van der Waals surface area contributed by atoms with Gasteiger partial charge in [0.2, 0.25) is 5.91 Å². The molecule has 8 heteroatoms. The van der Waals surface area contributed by atoms with Gasteiger partial charge in [-0.1, -0.05) is 18.2 Å². The van der Waals surface area contributed by atoms with Crippen LogP contribution in [0.25, 0.3) is 0 Å². The van der Waals surface area contributed by atoms with Crippen molar-refractivity contribution in [2.24, 2.45) is 7.05 Å². The Morgan fingerprint density at radius 2 is 1.88 bits per heavy atom. The number of carbonyl (C=O) groups is 1. The van der Waals surface area contributed by atoms with Crippen molar-refractivity contribution in [1.29, 1.82) is 0 Å². The van der Waals surface area contributed by atoms with Gasteiger partial charge in [-0.15, -0.1) is 0 Å². The summed E-state index contributed by atoms with van der Waals surface area (Å²) >= 11 is 0. The van der Waals surface area contributed by atoms with E-state index in [4.69, 9.17) is 0 Å². The fourth-order valence-electron chi connectivity index (χ4n) is 3.09. The first-order valence-electron chi connectivity index (χ1n) is 8.70. The van der Waals surface area contributed by atoms with Gasteiger partial charge in [-0.3, -0.25) is 9.69 Å². The Morgan fingerprint density at radius 1 is 1.12 bits per heavy atom. The first-order valence-corrected chi connectivity index (χ1v) is 10.3. The van der Waals surface area contributed by atoms with E-state index in [1.807, 2.05) is 17.8 Å². The number of rotatable bonds is 5. The van der Waals surface area contributed by atoms with Gasteiger partial charge in [-0.2, -0.15) is 0 Å². The van der Waals surface area contributed by atoms with E-state index in [-0.39, 0.29) is 10.8 Å². The van der Waals surface area contributed by atoms with Gasteiger partial charge in [-0.05, 0) is 18.6 Å². The van der Waals surface area contributed by atoms with Crippen LogP contribution in [0, 0.1) is 0 Å². The topological polar surface area (TPSA) is 75.5 Å². The fourth-order valence-corrected chi connectivity index (χ4v) is 4.34. The van der Waals surface area contributed by atoms with E-state index in [0.717, 1.165) is 25.3 Å². The zero-order chi connectivity index (χ0) is 18.6. The van der Waals surface area contributed by atoms with Crippen molar-refractivity contribution in [3.8, 4) is 0 Å². The number of benzene rings is 1. The van der Waals surface area contributed by atoms with Gasteiger partial charge in [0, 0.05) is 45.6 Å². The Bertz CT molecular complexity index is 848. The Morgan fingerprint density at radius 3 is 2.58 bits per heavy atom. The summed E-state index contributed by atoms with van der Waals surface area (Å²) in [6, 6.07) is 8.14. The van der Waals surface area contributed by atoms with Crippen molar-refractivity contribution in [1.82, 2.24) is 19.4 Å². The lowest BCUT2D eigenvalue weighted by atomic mass is 10.3. The predicted molar refractivity (Wildman–Crippen MR) is 98.2 cm³/mol. The lowest BCUT2D eigenvalue weighted by Crippen LogP contribution is -2.38. The smallest absolute Gasteiger partial charge is 0.238 e. The van der Waals surface area contributed by atoms with Crippen LogP contribution in [0.2, 0.25) is 0 Å². The lowest BCUT2D eigenvalue weighted by Gasteiger charge is -2.22. The zero-order valence-corrected chi connectivity index (χ0v) is 15.7. The van der Waals surface area contributed by atoms with Crippen LogP contribution in [0.5, 0.6) is 0 Å². The molecule has 1 aromatic heterocycles. The van der Waals surface area contributed by atoms with Crippen molar-refractivity contribution in [2.45, 2.75) is 17.9 Å². The SMILES string of the molecule is Cn1ccnc1CN1CCCN(C(=O)CS(=O)(=O)c2ccccc2)CC1. The Hall–Kier alpha value is -2.19. The second kappa shape index (κ2) is 8.01. The van der Waals surface area contributed by atoms with Crippen molar-refractivity contribution >= 4 is 15.7 Å². The molecule has 2 aromatic rings. The fraction of sp³-hybridized carbons (Fsp3) is 0.444. The molecule has 1 amide bonds. The first-order chi connectivity index (χ1) is 12.5. The quantitative estimate of drug-likeness (QED) is 0.776. The predicted octanol–water partition coefficient (Wildman–Crippen LogP) is 0.928. The highest BCUT2D eigenvalue weighted by atomic mass is 32.2.